The molecule has 2 heteroatoms. The van der Waals surface area contributed by atoms with Gasteiger partial charge in [0.15, 0.2) is 0 Å². The molecule has 3 saturated carbocycles. The summed E-state index contributed by atoms with van der Waals surface area (Å²) in [6.07, 6.45) is 13.9. The summed E-state index contributed by atoms with van der Waals surface area (Å²) in [5.41, 5.74) is 1.97. The normalized spacial score (nSPS) is 46.7. The van der Waals surface area contributed by atoms with E-state index in [4.69, 9.17) is 0 Å². The molecular weight excluding hydrogens is 380 g/mol. The monoisotopic (exact) mass is 430 g/mol. The third-order valence-corrected chi connectivity index (χ3v) is 11.3. The Hall–Kier alpha value is -0.340. The molecule has 4 rings (SSSR count). The van der Waals surface area contributed by atoms with Crippen molar-refractivity contribution in [2.24, 2.45) is 52.3 Å². The van der Waals surface area contributed by atoms with E-state index in [1.165, 1.54) is 50.5 Å². The van der Waals surface area contributed by atoms with E-state index in [0.717, 1.165) is 42.9 Å². The van der Waals surface area contributed by atoms with Gasteiger partial charge in [-0.15, -0.1) is 0 Å². The smallest absolute Gasteiger partial charge is 0.0757 e. The lowest BCUT2D eigenvalue weighted by Crippen LogP contribution is -2.54. The second-order valence-electron chi connectivity index (χ2n) is 13.0. The van der Waals surface area contributed by atoms with Crippen LogP contribution >= 0.6 is 0 Å². The zero-order valence-electron chi connectivity index (χ0n) is 21.2. The minimum atomic E-state index is -0.303. The maximum absolute atomic E-state index is 11.3. The Labute approximate surface area is 192 Å². The first kappa shape index (κ1) is 23.8. The largest absolute Gasteiger partial charge is 0.393 e. The fourth-order valence-electron chi connectivity index (χ4n) is 9.29. The maximum atomic E-state index is 11.3. The molecule has 0 aromatic carbocycles. The van der Waals surface area contributed by atoms with Crippen LogP contribution in [0.2, 0.25) is 0 Å². The van der Waals surface area contributed by atoms with Crippen LogP contribution in [0, 0.1) is 52.3 Å². The van der Waals surface area contributed by atoms with Crippen LogP contribution in [0.3, 0.4) is 0 Å². The van der Waals surface area contributed by atoms with Crippen molar-refractivity contribution in [2.75, 3.05) is 0 Å². The Balaban J connectivity index is 1.52. The second-order valence-corrected chi connectivity index (χ2v) is 13.0. The minimum absolute atomic E-state index is 0.202. The van der Waals surface area contributed by atoms with E-state index in [0.29, 0.717) is 23.2 Å². The van der Waals surface area contributed by atoms with Crippen molar-refractivity contribution < 1.29 is 10.2 Å². The van der Waals surface area contributed by atoms with Gasteiger partial charge in [0.2, 0.25) is 0 Å². The molecule has 2 N–H and O–H groups in total. The van der Waals surface area contributed by atoms with Crippen molar-refractivity contribution >= 4 is 0 Å². The van der Waals surface area contributed by atoms with E-state index in [1.807, 2.05) is 0 Å². The Morgan fingerprint density at radius 2 is 1.71 bits per heavy atom. The number of aliphatic hydroxyl groups excluding tert-OH is 2. The topological polar surface area (TPSA) is 40.5 Å². The number of fused-ring (bicyclic) bond motifs is 5. The predicted molar refractivity (Wildman–Crippen MR) is 130 cm³/mol. The van der Waals surface area contributed by atoms with E-state index in [2.05, 4.69) is 47.6 Å². The molecule has 0 saturated heterocycles. The molecule has 3 fully saturated rings. The Kier molecular flexibility index (Phi) is 6.75. The van der Waals surface area contributed by atoms with Gasteiger partial charge >= 0.3 is 0 Å². The molecule has 0 radical (unpaired) electrons. The van der Waals surface area contributed by atoms with Crippen molar-refractivity contribution in [2.45, 2.75) is 118 Å². The highest BCUT2D eigenvalue weighted by molar-refractivity contribution is 5.27. The molecule has 31 heavy (non-hydrogen) atoms. The van der Waals surface area contributed by atoms with E-state index < -0.39 is 0 Å². The van der Waals surface area contributed by atoms with Crippen molar-refractivity contribution in [1.29, 1.82) is 0 Å². The molecule has 0 bridgehead atoms. The molecule has 4 aliphatic carbocycles. The Morgan fingerprint density at radius 1 is 0.968 bits per heavy atom. The predicted octanol–water partition coefficient (Wildman–Crippen LogP) is 7.00. The van der Waals surface area contributed by atoms with Gasteiger partial charge in [-0.1, -0.05) is 66.0 Å². The number of aliphatic hydroxyl groups is 2. The molecule has 0 spiro atoms. The van der Waals surface area contributed by atoms with Gasteiger partial charge in [0.05, 0.1) is 12.2 Å². The highest BCUT2D eigenvalue weighted by Gasteiger charge is 2.61. The minimum Gasteiger partial charge on any atom is -0.393 e. The first-order valence-corrected chi connectivity index (χ1v) is 13.7. The molecule has 1 unspecified atom stereocenters. The van der Waals surface area contributed by atoms with Gasteiger partial charge in [0, 0.05) is 0 Å². The van der Waals surface area contributed by atoms with E-state index in [9.17, 15) is 10.2 Å². The molecule has 0 aromatic rings. The summed E-state index contributed by atoms with van der Waals surface area (Å²) in [4.78, 5) is 0. The number of hydrogen-bond acceptors (Lipinski definition) is 2. The van der Waals surface area contributed by atoms with Gasteiger partial charge in [-0.25, -0.2) is 0 Å². The van der Waals surface area contributed by atoms with Crippen LogP contribution in [0.1, 0.15) is 106 Å². The lowest BCUT2D eigenvalue weighted by atomic mass is 9.46. The van der Waals surface area contributed by atoms with Gasteiger partial charge in [-0.05, 0) is 104 Å². The third-order valence-electron chi connectivity index (χ3n) is 11.3. The summed E-state index contributed by atoms with van der Waals surface area (Å²) < 4.78 is 0. The summed E-state index contributed by atoms with van der Waals surface area (Å²) in [6.45, 7) is 14.7. The molecule has 0 aliphatic heterocycles. The molecular formula is C29H50O2. The molecule has 178 valence electrons. The van der Waals surface area contributed by atoms with Gasteiger partial charge < -0.3 is 10.2 Å². The molecule has 0 amide bonds. The lowest BCUT2D eigenvalue weighted by molar-refractivity contribution is -0.0972. The third kappa shape index (κ3) is 3.96. The summed E-state index contributed by atoms with van der Waals surface area (Å²) in [5, 5.41) is 21.6. The lowest BCUT2D eigenvalue weighted by Gasteiger charge is -2.59. The fourth-order valence-corrected chi connectivity index (χ4v) is 9.29. The summed E-state index contributed by atoms with van der Waals surface area (Å²) in [5.74, 6) is 4.99. The molecule has 0 aromatic heterocycles. The van der Waals surface area contributed by atoms with Crippen molar-refractivity contribution in [3.63, 3.8) is 0 Å². The summed E-state index contributed by atoms with van der Waals surface area (Å²) in [6, 6.07) is 0. The van der Waals surface area contributed by atoms with Crippen LogP contribution in [0.25, 0.3) is 0 Å². The van der Waals surface area contributed by atoms with E-state index >= 15 is 0 Å². The van der Waals surface area contributed by atoms with Gasteiger partial charge in [-0.3, -0.25) is 0 Å². The van der Waals surface area contributed by atoms with Crippen LogP contribution in [0.15, 0.2) is 11.6 Å². The zero-order chi connectivity index (χ0) is 22.6. The number of rotatable bonds is 6. The maximum Gasteiger partial charge on any atom is 0.0757 e. The summed E-state index contributed by atoms with van der Waals surface area (Å²) >= 11 is 0. The highest BCUT2D eigenvalue weighted by atomic mass is 16.3. The average molecular weight is 431 g/mol. The Morgan fingerprint density at radius 3 is 2.39 bits per heavy atom. The summed E-state index contributed by atoms with van der Waals surface area (Å²) in [7, 11) is 0. The standard InChI is InChI=1S/C29H50O2/c1-7-20(18(2)3)9-8-19(4)23-10-11-24-27-25(13-15-29(23,24)6)28(5)14-12-22(30)16-21(28)17-26(27)31/h17-20,22-27,30-31H,7-16H2,1-6H3/t19-,20?,22+,23-,24+,25+,26-,27+,28+,29-/m1/s1. The van der Waals surface area contributed by atoms with Crippen LogP contribution in [-0.4, -0.2) is 22.4 Å². The van der Waals surface area contributed by atoms with Crippen LogP contribution in [0.4, 0.5) is 0 Å². The molecule has 0 heterocycles. The highest BCUT2D eigenvalue weighted by Crippen LogP contribution is 2.67. The van der Waals surface area contributed by atoms with Crippen molar-refractivity contribution in [1.82, 2.24) is 0 Å². The SMILES string of the molecule is CCC(CC[C@@H](C)[C@H]1CC[C@H]2[C@@H]3[C@H](O)C=C4C[C@@H](O)CC[C@]4(C)[C@H]3CC[C@]12C)C(C)C. The van der Waals surface area contributed by atoms with E-state index in [1.54, 1.807) is 0 Å². The fraction of sp³-hybridized carbons (Fsp3) is 0.931. The van der Waals surface area contributed by atoms with Gasteiger partial charge in [0.1, 0.15) is 0 Å². The average Bonchev–Trinajstić information content (AvgIpc) is 3.06. The van der Waals surface area contributed by atoms with Crippen LogP contribution in [0.5, 0.6) is 0 Å². The molecule has 10 atom stereocenters. The van der Waals surface area contributed by atoms with Gasteiger partial charge in [-0.2, -0.15) is 0 Å². The van der Waals surface area contributed by atoms with Crippen molar-refractivity contribution in [3.8, 4) is 0 Å². The zero-order valence-corrected chi connectivity index (χ0v) is 21.2. The van der Waals surface area contributed by atoms with E-state index in [-0.39, 0.29) is 17.6 Å². The quantitative estimate of drug-likeness (QED) is 0.446. The molecule has 2 nitrogen and oxygen atoms in total. The number of hydrogen-bond donors (Lipinski definition) is 2. The van der Waals surface area contributed by atoms with Crippen LogP contribution < -0.4 is 0 Å². The molecule has 4 aliphatic rings. The Bertz CT molecular complexity index is 668. The van der Waals surface area contributed by atoms with Crippen molar-refractivity contribution in [3.05, 3.63) is 11.6 Å². The van der Waals surface area contributed by atoms with Crippen LogP contribution in [-0.2, 0) is 0 Å². The first-order valence-electron chi connectivity index (χ1n) is 13.7. The van der Waals surface area contributed by atoms with Gasteiger partial charge in [0.25, 0.3) is 0 Å². The second kappa shape index (κ2) is 8.79. The first-order chi connectivity index (χ1) is 14.6.